The predicted octanol–water partition coefficient (Wildman–Crippen LogP) is 5.56. The third-order valence-electron chi connectivity index (χ3n) is 6.35. The molecule has 0 unspecified atom stereocenters. The van der Waals surface area contributed by atoms with E-state index in [4.69, 9.17) is 9.47 Å². The number of hydrogen-bond acceptors (Lipinski definition) is 3. The second-order valence-corrected chi connectivity index (χ2v) is 8.59. The normalized spacial score (nSPS) is 29.2. The Balaban J connectivity index is 1.55. The van der Waals surface area contributed by atoms with Crippen LogP contribution < -0.4 is 10.1 Å². The highest BCUT2D eigenvalue weighted by molar-refractivity contribution is 5.58. The second-order valence-electron chi connectivity index (χ2n) is 8.59. The third kappa shape index (κ3) is 3.67. The lowest BCUT2D eigenvalue weighted by molar-refractivity contribution is -0.0437. The Morgan fingerprint density at radius 2 is 2.00 bits per heavy atom. The van der Waals surface area contributed by atoms with Crippen LogP contribution in [0.1, 0.15) is 70.5 Å². The lowest BCUT2D eigenvalue weighted by Crippen LogP contribution is -2.45. The summed E-state index contributed by atoms with van der Waals surface area (Å²) in [6.45, 7) is 6.17. The molecule has 1 aliphatic carbocycles. The largest absolute Gasteiger partial charge is 0.494 e. The summed E-state index contributed by atoms with van der Waals surface area (Å²) in [5.41, 5.74) is 2.59. The summed E-state index contributed by atoms with van der Waals surface area (Å²) in [6, 6.07) is 7.17. The van der Waals surface area contributed by atoms with Crippen LogP contribution in [0.15, 0.2) is 18.2 Å². The molecule has 1 aromatic rings. The van der Waals surface area contributed by atoms with Gasteiger partial charge in [0.1, 0.15) is 5.75 Å². The second kappa shape index (κ2) is 7.57. The van der Waals surface area contributed by atoms with Gasteiger partial charge in [-0.05, 0) is 62.1 Å². The maximum atomic E-state index is 6.30. The van der Waals surface area contributed by atoms with Crippen LogP contribution >= 0.6 is 0 Å². The van der Waals surface area contributed by atoms with Gasteiger partial charge in [0.15, 0.2) is 0 Å². The van der Waals surface area contributed by atoms with Gasteiger partial charge < -0.3 is 14.8 Å². The van der Waals surface area contributed by atoms with Crippen molar-refractivity contribution < 1.29 is 9.47 Å². The smallest absolute Gasteiger partial charge is 0.119 e. The highest BCUT2D eigenvalue weighted by Gasteiger charge is 2.42. The lowest BCUT2D eigenvalue weighted by atomic mass is 9.75. The molecule has 4 rings (SSSR count). The molecule has 0 spiro atoms. The number of nitrogens with one attached hydrogen (secondary N) is 1. The van der Waals surface area contributed by atoms with E-state index in [-0.39, 0.29) is 6.10 Å². The molecule has 1 saturated carbocycles. The molecular formula is C22H33NO2. The first-order valence-corrected chi connectivity index (χ1v) is 10.4. The number of rotatable bonds is 5. The molecule has 3 aliphatic rings. The van der Waals surface area contributed by atoms with Gasteiger partial charge in [0, 0.05) is 29.8 Å². The molecular weight excluding hydrogens is 310 g/mol. The first kappa shape index (κ1) is 17.2. The van der Waals surface area contributed by atoms with E-state index in [1.54, 1.807) is 0 Å². The predicted molar refractivity (Wildman–Crippen MR) is 102 cm³/mol. The van der Waals surface area contributed by atoms with Gasteiger partial charge in [0.05, 0.1) is 12.7 Å². The Morgan fingerprint density at radius 3 is 2.80 bits per heavy atom. The zero-order valence-electron chi connectivity index (χ0n) is 15.8. The molecule has 138 valence electrons. The molecule has 3 nitrogen and oxygen atoms in total. The topological polar surface area (TPSA) is 30.5 Å². The summed E-state index contributed by atoms with van der Waals surface area (Å²) in [4.78, 5) is 0. The van der Waals surface area contributed by atoms with Crippen LogP contribution in [-0.2, 0) is 4.74 Å². The van der Waals surface area contributed by atoms with Gasteiger partial charge >= 0.3 is 0 Å². The minimum atomic E-state index is 0.254. The highest BCUT2D eigenvalue weighted by atomic mass is 16.5. The maximum absolute atomic E-state index is 6.30. The fraction of sp³-hybridized carbons (Fsp3) is 0.727. The first-order chi connectivity index (χ1) is 12.2. The molecule has 1 aromatic carbocycles. The third-order valence-corrected chi connectivity index (χ3v) is 6.35. The molecule has 0 bridgehead atoms. The van der Waals surface area contributed by atoms with Gasteiger partial charge in [-0.2, -0.15) is 0 Å². The molecule has 3 atom stereocenters. The summed E-state index contributed by atoms with van der Waals surface area (Å²) in [5.74, 6) is 3.12. The first-order valence-electron chi connectivity index (χ1n) is 10.4. The zero-order chi connectivity index (χ0) is 17.2. The molecule has 3 heteroatoms. The molecule has 2 heterocycles. The number of anilines is 1. The molecule has 0 amide bonds. The maximum Gasteiger partial charge on any atom is 0.119 e. The van der Waals surface area contributed by atoms with Gasteiger partial charge in [0.25, 0.3) is 0 Å². The standard InChI is InChI=1S/C22H33NO2/c1-15(2)11-13-24-17-9-10-20-19(14-17)22-18(8-5-12-25-22)21(23-20)16-6-3-4-7-16/h9-10,14-16,18,21-23H,3-8,11-13H2,1-2H3/t18-,21+,22-/m0/s1. The SMILES string of the molecule is CC(C)CCOc1ccc2c(c1)[C@H]1OCCC[C@H]1[C@@H](C1CCCC1)N2. The van der Waals surface area contributed by atoms with Gasteiger partial charge in [-0.25, -0.2) is 0 Å². The van der Waals surface area contributed by atoms with Crippen molar-refractivity contribution in [2.45, 2.75) is 70.9 Å². The molecule has 1 saturated heterocycles. The summed E-state index contributed by atoms with van der Waals surface area (Å²) in [7, 11) is 0. The minimum Gasteiger partial charge on any atom is -0.494 e. The Kier molecular flexibility index (Phi) is 5.21. The van der Waals surface area contributed by atoms with Gasteiger partial charge in [0.2, 0.25) is 0 Å². The van der Waals surface area contributed by atoms with Crippen LogP contribution in [-0.4, -0.2) is 19.3 Å². The Labute approximate surface area is 152 Å². The van der Waals surface area contributed by atoms with Crippen molar-refractivity contribution in [2.24, 2.45) is 17.8 Å². The average Bonchev–Trinajstić information content (AvgIpc) is 3.15. The van der Waals surface area contributed by atoms with E-state index in [0.717, 1.165) is 31.3 Å². The Bertz CT molecular complexity index is 579. The van der Waals surface area contributed by atoms with Crippen LogP contribution in [0.25, 0.3) is 0 Å². The van der Waals surface area contributed by atoms with Crippen LogP contribution in [0.5, 0.6) is 5.75 Å². The summed E-state index contributed by atoms with van der Waals surface area (Å²) in [6.07, 6.45) is 9.40. The van der Waals surface area contributed by atoms with Crippen molar-refractivity contribution in [1.29, 1.82) is 0 Å². The monoisotopic (exact) mass is 343 g/mol. The molecule has 2 aliphatic heterocycles. The fourth-order valence-electron chi connectivity index (χ4n) is 4.97. The summed E-state index contributed by atoms with van der Waals surface area (Å²) >= 11 is 0. The van der Waals surface area contributed by atoms with Crippen molar-refractivity contribution in [3.8, 4) is 5.75 Å². The van der Waals surface area contributed by atoms with Crippen LogP contribution in [0.4, 0.5) is 5.69 Å². The number of hydrogen-bond donors (Lipinski definition) is 1. The average molecular weight is 344 g/mol. The van der Waals surface area contributed by atoms with E-state index in [0.29, 0.717) is 17.9 Å². The zero-order valence-corrected chi connectivity index (χ0v) is 15.8. The number of benzene rings is 1. The van der Waals surface area contributed by atoms with Crippen LogP contribution in [0, 0.1) is 17.8 Å². The Hall–Kier alpha value is -1.22. The summed E-state index contributed by atoms with van der Waals surface area (Å²) in [5, 5.41) is 3.90. The van der Waals surface area contributed by atoms with Gasteiger partial charge in [-0.1, -0.05) is 26.7 Å². The number of fused-ring (bicyclic) bond motifs is 3. The summed E-state index contributed by atoms with van der Waals surface area (Å²) < 4.78 is 12.3. The van der Waals surface area contributed by atoms with E-state index in [1.807, 2.05) is 0 Å². The lowest BCUT2D eigenvalue weighted by Gasteiger charge is -2.45. The van der Waals surface area contributed by atoms with Crippen molar-refractivity contribution >= 4 is 5.69 Å². The van der Waals surface area contributed by atoms with E-state index in [1.165, 1.54) is 49.8 Å². The highest BCUT2D eigenvalue weighted by Crippen LogP contribution is 2.48. The van der Waals surface area contributed by atoms with Crippen LogP contribution in [0.3, 0.4) is 0 Å². The fourth-order valence-corrected chi connectivity index (χ4v) is 4.97. The number of ether oxygens (including phenoxy) is 2. The minimum absolute atomic E-state index is 0.254. The molecule has 1 N–H and O–H groups in total. The molecule has 0 aromatic heterocycles. The van der Waals surface area contributed by atoms with E-state index in [9.17, 15) is 0 Å². The quantitative estimate of drug-likeness (QED) is 0.759. The van der Waals surface area contributed by atoms with E-state index >= 15 is 0 Å². The molecule has 0 radical (unpaired) electrons. The van der Waals surface area contributed by atoms with Crippen molar-refractivity contribution in [1.82, 2.24) is 0 Å². The molecule has 2 fully saturated rings. The van der Waals surface area contributed by atoms with E-state index < -0.39 is 0 Å². The van der Waals surface area contributed by atoms with Crippen molar-refractivity contribution in [3.63, 3.8) is 0 Å². The van der Waals surface area contributed by atoms with Crippen molar-refractivity contribution in [3.05, 3.63) is 23.8 Å². The van der Waals surface area contributed by atoms with Crippen LogP contribution in [0.2, 0.25) is 0 Å². The van der Waals surface area contributed by atoms with Crippen molar-refractivity contribution in [2.75, 3.05) is 18.5 Å². The Morgan fingerprint density at radius 1 is 1.16 bits per heavy atom. The van der Waals surface area contributed by atoms with Gasteiger partial charge in [-0.15, -0.1) is 0 Å². The molecule has 25 heavy (non-hydrogen) atoms. The van der Waals surface area contributed by atoms with Gasteiger partial charge in [-0.3, -0.25) is 0 Å². The van der Waals surface area contributed by atoms with E-state index in [2.05, 4.69) is 37.4 Å².